The number of unbranched alkanes of at least 4 members (excludes halogenated alkanes) is 1. The molecule has 0 saturated carbocycles. The lowest BCUT2D eigenvalue weighted by molar-refractivity contribution is -0.284. The summed E-state index contributed by atoms with van der Waals surface area (Å²) in [6, 6.07) is 0. The first-order valence-corrected chi connectivity index (χ1v) is 8.79. The van der Waals surface area contributed by atoms with Crippen molar-refractivity contribution in [1.82, 2.24) is 0 Å². The van der Waals surface area contributed by atoms with Gasteiger partial charge in [0.2, 0.25) is 0 Å². The molecule has 2 nitrogen and oxygen atoms in total. The standard InChI is InChI=1S/C15H25F5O2S/c1-4-5-8-22-13(21)12(10-11(2)3)23-9-6-7-14(16,17)15(18,19)20/h11-12H,4-10H2,1-3H3. The van der Waals surface area contributed by atoms with E-state index in [4.69, 9.17) is 4.74 Å². The van der Waals surface area contributed by atoms with Crippen LogP contribution in [0.3, 0.4) is 0 Å². The van der Waals surface area contributed by atoms with Crippen LogP contribution in [0, 0.1) is 5.92 Å². The number of ether oxygens (including phenoxy) is 1. The lowest BCUT2D eigenvalue weighted by Gasteiger charge is -2.20. The molecule has 0 radical (unpaired) electrons. The van der Waals surface area contributed by atoms with Crippen LogP contribution in [-0.2, 0) is 9.53 Å². The smallest absolute Gasteiger partial charge is 0.453 e. The maximum Gasteiger partial charge on any atom is 0.453 e. The summed E-state index contributed by atoms with van der Waals surface area (Å²) in [5.74, 6) is -4.84. The summed E-state index contributed by atoms with van der Waals surface area (Å²) in [7, 11) is 0. The first kappa shape index (κ1) is 22.5. The Morgan fingerprint density at radius 2 is 1.74 bits per heavy atom. The molecule has 1 unspecified atom stereocenters. The third-order valence-electron chi connectivity index (χ3n) is 3.06. The van der Waals surface area contributed by atoms with E-state index in [-0.39, 0.29) is 18.1 Å². The van der Waals surface area contributed by atoms with Crippen molar-refractivity contribution in [3.05, 3.63) is 0 Å². The van der Waals surface area contributed by atoms with Gasteiger partial charge in [-0.3, -0.25) is 4.79 Å². The Hall–Kier alpha value is -0.530. The maximum atomic E-state index is 12.8. The second-order valence-corrected chi connectivity index (χ2v) is 7.13. The predicted octanol–water partition coefficient (Wildman–Crippen LogP) is 5.46. The molecule has 0 aromatic rings. The zero-order valence-electron chi connectivity index (χ0n) is 13.7. The molecule has 0 bridgehead atoms. The van der Waals surface area contributed by atoms with E-state index in [2.05, 4.69) is 0 Å². The van der Waals surface area contributed by atoms with E-state index in [0.717, 1.165) is 24.6 Å². The highest BCUT2D eigenvalue weighted by atomic mass is 32.2. The van der Waals surface area contributed by atoms with Gasteiger partial charge in [-0.2, -0.15) is 22.0 Å². The highest BCUT2D eigenvalue weighted by Crippen LogP contribution is 2.39. The fourth-order valence-electron chi connectivity index (χ4n) is 1.73. The second kappa shape index (κ2) is 10.4. The van der Waals surface area contributed by atoms with Crippen LogP contribution >= 0.6 is 11.8 Å². The molecule has 0 spiro atoms. The Morgan fingerprint density at radius 1 is 1.13 bits per heavy atom. The van der Waals surface area contributed by atoms with Crippen molar-refractivity contribution >= 4 is 17.7 Å². The van der Waals surface area contributed by atoms with Gasteiger partial charge in [0.1, 0.15) is 5.25 Å². The van der Waals surface area contributed by atoms with Crippen molar-refractivity contribution in [3.8, 4) is 0 Å². The first-order valence-electron chi connectivity index (χ1n) is 7.74. The van der Waals surface area contributed by atoms with Crippen LogP contribution in [0.1, 0.15) is 52.9 Å². The zero-order chi connectivity index (χ0) is 18.1. The Bertz CT molecular complexity index is 345. The SMILES string of the molecule is CCCCOC(=O)C(CC(C)C)SCCCC(F)(F)C(F)(F)F. The number of thioether (sulfide) groups is 1. The van der Waals surface area contributed by atoms with Gasteiger partial charge in [0.15, 0.2) is 0 Å². The molecular formula is C15H25F5O2S. The molecule has 0 amide bonds. The first-order chi connectivity index (χ1) is 10.5. The third kappa shape index (κ3) is 9.37. The zero-order valence-corrected chi connectivity index (χ0v) is 14.5. The van der Waals surface area contributed by atoms with Gasteiger partial charge in [0.05, 0.1) is 6.61 Å². The average Bonchev–Trinajstić information content (AvgIpc) is 2.40. The Kier molecular flexibility index (Phi) is 10.1. The fourth-order valence-corrected chi connectivity index (χ4v) is 3.05. The molecule has 0 aromatic heterocycles. The Balaban J connectivity index is 4.32. The summed E-state index contributed by atoms with van der Waals surface area (Å²) in [5, 5.41) is -0.522. The lowest BCUT2D eigenvalue weighted by atomic mass is 10.1. The van der Waals surface area contributed by atoms with E-state index < -0.39 is 29.7 Å². The van der Waals surface area contributed by atoms with Gasteiger partial charge in [-0.25, -0.2) is 0 Å². The number of rotatable bonds is 11. The molecule has 0 aliphatic carbocycles. The highest BCUT2D eigenvalue weighted by Gasteiger charge is 2.56. The highest BCUT2D eigenvalue weighted by molar-refractivity contribution is 8.00. The van der Waals surface area contributed by atoms with Crippen molar-refractivity contribution in [1.29, 1.82) is 0 Å². The van der Waals surface area contributed by atoms with Crippen LogP contribution < -0.4 is 0 Å². The number of carbonyl (C=O) groups is 1. The van der Waals surface area contributed by atoms with Crippen LogP contribution in [0.15, 0.2) is 0 Å². The second-order valence-electron chi connectivity index (χ2n) is 5.82. The van der Waals surface area contributed by atoms with Crippen molar-refractivity contribution in [2.24, 2.45) is 5.92 Å². The van der Waals surface area contributed by atoms with Gasteiger partial charge < -0.3 is 4.74 Å². The van der Waals surface area contributed by atoms with E-state index in [1.165, 1.54) is 0 Å². The van der Waals surface area contributed by atoms with Crippen LogP contribution in [0.2, 0.25) is 0 Å². The molecular weight excluding hydrogens is 339 g/mol. The molecule has 0 rings (SSSR count). The van der Waals surface area contributed by atoms with Crippen LogP contribution in [-0.4, -0.2) is 35.7 Å². The van der Waals surface area contributed by atoms with Crippen LogP contribution in [0.25, 0.3) is 0 Å². The Morgan fingerprint density at radius 3 is 2.22 bits per heavy atom. The molecule has 0 aliphatic heterocycles. The molecule has 0 aromatic carbocycles. The van der Waals surface area contributed by atoms with Crippen molar-refractivity contribution in [3.63, 3.8) is 0 Å². The van der Waals surface area contributed by atoms with Gasteiger partial charge in [-0.05, 0) is 30.9 Å². The molecule has 0 saturated heterocycles. The number of esters is 1. The number of halogens is 5. The number of carbonyl (C=O) groups excluding carboxylic acids is 1. The molecule has 1 atom stereocenters. The molecule has 8 heteroatoms. The summed E-state index contributed by atoms with van der Waals surface area (Å²) >= 11 is 1.09. The van der Waals surface area contributed by atoms with Crippen molar-refractivity contribution < 1.29 is 31.5 Å². The third-order valence-corrected chi connectivity index (χ3v) is 4.37. The number of hydrogen-bond acceptors (Lipinski definition) is 3. The summed E-state index contributed by atoms with van der Waals surface area (Å²) in [6.45, 7) is 6.07. The van der Waals surface area contributed by atoms with Crippen LogP contribution in [0.4, 0.5) is 22.0 Å². The van der Waals surface area contributed by atoms with E-state index in [0.29, 0.717) is 13.0 Å². The molecule has 0 N–H and O–H groups in total. The quantitative estimate of drug-likeness (QED) is 0.277. The van der Waals surface area contributed by atoms with Crippen molar-refractivity contribution in [2.45, 2.75) is 70.2 Å². The van der Waals surface area contributed by atoms with Gasteiger partial charge in [-0.15, -0.1) is 11.8 Å². The van der Waals surface area contributed by atoms with Crippen LogP contribution in [0.5, 0.6) is 0 Å². The van der Waals surface area contributed by atoms with Gasteiger partial charge in [0.25, 0.3) is 0 Å². The van der Waals surface area contributed by atoms with E-state index in [1.54, 1.807) is 0 Å². The monoisotopic (exact) mass is 364 g/mol. The summed E-state index contributed by atoms with van der Waals surface area (Å²) < 4.78 is 66.9. The number of alkyl halides is 5. The maximum absolute atomic E-state index is 12.8. The normalized spacial score (nSPS) is 14.1. The molecule has 0 fully saturated rings. The largest absolute Gasteiger partial charge is 0.465 e. The average molecular weight is 364 g/mol. The van der Waals surface area contributed by atoms with Gasteiger partial charge >= 0.3 is 18.1 Å². The Labute approximate surface area is 138 Å². The number of hydrogen-bond donors (Lipinski definition) is 0. The molecule has 0 aliphatic rings. The van der Waals surface area contributed by atoms with Crippen molar-refractivity contribution in [2.75, 3.05) is 12.4 Å². The van der Waals surface area contributed by atoms with E-state index in [9.17, 15) is 26.7 Å². The molecule has 23 heavy (non-hydrogen) atoms. The minimum Gasteiger partial charge on any atom is -0.465 e. The van der Waals surface area contributed by atoms with E-state index in [1.807, 2.05) is 20.8 Å². The minimum atomic E-state index is -5.52. The lowest BCUT2D eigenvalue weighted by Crippen LogP contribution is -2.36. The minimum absolute atomic E-state index is 0.0614. The predicted molar refractivity (Wildman–Crippen MR) is 81.8 cm³/mol. The summed E-state index contributed by atoms with van der Waals surface area (Å²) in [6.07, 6.45) is -4.97. The molecule has 0 heterocycles. The summed E-state index contributed by atoms with van der Waals surface area (Å²) in [4.78, 5) is 11.9. The van der Waals surface area contributed by atoms with Gasteiger partial charge in [0, 0.05) is 6.42 Å². The molecule has 138 valence electrons. The van der Waals surface area contributed by atoms with E-state index >= 15 is 0 Å². The van der Waals surface area contributed by atoms with Gasteiger partial charge in [-0.1, -0.05) is 27.2 Å². The summed E-state index contributed by atoms with van der Waals surface area (Å²) in [5.41, 5.74) is 0. The topological polar surface area (TPSA) is 26.3 Å². The fraction of sp³-hybridized carbons (Fsp3) is 0.933.